The molecular weight excluding hydrogens is 394 g/mol. The van der Waals surface area contributed by atoms with Gasteiger partial charge in [0.25, 0.3) is 0 Å². The number of nitrogens with zero attached hydrogens (tertiary/aromatic N) is 2. The Balaban J connectivity index is 1.72. The van der Waals surface area contributed by atoms with Crippen LogP contribution in [0.5, 0.6) is 0 Å². The number of thioether (sulfide) groups is 1. The number of aryl methyl sites for hydroxylation is 2. The minimum absolute atomic E-state index is 0.303. The molecule has 0 radical (unpaired) electrons. The summed E-state index contributed by atoms with van der Waals surface area (Å²) >= 11 is 1.40. The molecular formula is C20H25N3O3S2. The van der Waals surface area contributed by atoms with E-state index in [1.807, 2.05) is 38.1 Å². The zero-order valence-corrected chi connectivity index (χ0v) is 17.7. The van der Waals surface area contributed by atoms with Gasteiger partial charge in [-0.25, -0.2) is 13.4 Å². The molecule has 3 rings (SSSR count). The lowest BCUT2D eigenvalue weighted by Crippen LogP contribution is -2.40. The normalized spacial score (nSPS) is 16.3. The lowest BCUT2D eigenvalue weighted by atomic mass is 10.1. The third-order valence-corrected chi connectivity index (χ3v) is 7.31. The Labute approximate surface area is 170 Å². The SMILES string of the molecule is Cc1cccc(C)c1N=C(N)SCc1cccc(S(=O)(=O)N2CCOCC2)c1. The van der Waals surface area contributed by atoms with Crippen molar-refractivity contribution in [1.29, 1.82) is 0 Å². The highest BCUT2D eigenvalue weighted by Gasteiger charge is 2.26. The number of sulfonamides is 1. The molecule has 1 saturated heterocycles. The Morgan fingerprint density at radius 1 is 1.14 bits per heavy atom. The van der Waals surface area contributed by atoms with E-state index in [0.29, 0.717) is 42.1 Å². The van der Waals surface area contributed by atoms with Crippen LogP contribution in [0.25, 0.3) is 0 Å². The number of morpholine rings is 1. The summed E-state index contributed by atoms with van der Waals surface area (Å²) in [6, 6.07) is 13.0. The molecule has 0 aliphatic carbocycles. The van der Waals surface area contributed by atoms with Crippen molar-refractivity contribution in [2.45, 2.75) is 24.5 Å². The standard InChI is InChI=1S/C20H25N3O3S2/c1-15-5-3-6-16(2)19(15)22-20(21)27-14-17-7-4-8-18(13-17)28(24,25)23-9-11-26-12-10-23/h3-8,13H,9-12,14H2,1-2H3,(H2,21,22). The summed E-state index contributed by atoms with van der Waals surface area (Å²) in [4.78, 5) is 4.84. The first-order valence-corrected chi connectivity index (χ1v) is 11.5. The second-order valence-electron chi connectivity index (χ2n) is 6.64. The topological polar surface area (TPSA) is 85.0 Å². The zero-order valence-electron chi connectivity index (χ0n) is 16.1. The Morgan fingerprint density at radius 3 is 2.46 bits per heavy atom. The third-order valence-electron chi connectivity index (χ3n) is 4.55. The number of para-hydroxylation sites is 1. The Bertz CT molecular complexity index is 948. The van der Waals surface area contributed by atoms with E-state index in [4.69, 9.17) is 10.5 Å². The van der Waals surface area contributed by atoms with Gasteiger partial charge in [0.05, 0.1) is 23.8 Å². The van der Waals surface area contributed by atoms with Gasteiger partial charge < -0.3 is 10.5 Å². The molecule has 8 heteroatoms. The quantitative estimate of drug-likeness (QED) is 0.594. The van der Waals surface area contributed by atoms with Crippen LogP contribution in [0.15, 0.2) is 52.4 Å². The van der Waals surface area contributed by atoms with Crippen molar-refractivity contribution in [3.8, 4) is 0 Å². The van der Waals surface area contributed by atoms with Gasteiger partial charge in [-0.1, -0.05) is 42.1 Å². The van der Waals surface area contributed by atoms with Crippen molar-refractivity contribution in [3.05, 3.63) is 59.2 Å². The van der Waals surface area contributed by atoms with Gasteiger partial charge in [-0.3, -0.25) is 0 Å². The van der Waals surface area contributed by atoms with Crippen LogP contribution < -0.4 is 5.73 Å². The van der Waals surface area contributed by atoms with Crippen LogP contribution >= 0.6 is 11.8 Å². The summed E-state index contributed by atoms with van der Waals surface area (Å²) < 4.78 is 32.3. The fourth-order valence-electron chi connectivity index (χ4n) is 3.01. The maximum Gasteiger partial charge on any atom is 0.243 e. The fraction of sp³-hybridized carbons (Fsp3) is 0.350. The van der Waals surface area contributed by atoms with E-state index >= 15 is 0 Å². The first-order valence-electron chi connectivity index (χ1n) is 9.08. The average molecular weight is 420 g/mol. The van der Waals surface area contributed by atoms with Crippen LogP contribution in [0.3, 0.4) is 0 Å². The number of ether oxygens (including phenoxy) is 1. The van der Waals surface area contributed by atoms with Crippen molar-refractivity contribution in [2.75, 3.05) is 26.3 Å². The summed E-state index contributed by atoms with van der Waals surface area (Å²) in [5.41, 5.74) is 10.0. The van der Waals surface area contributed by atoms with Gasteiger partial charge in [-0.05, 0) is 42.7 Å². The molecule has 0 bridgehead atoms. The molecule has 28 heavy (non-hydrogen) atoms. The van der Waals surface area contributed by atoms with E-state index in [1.165, 1.54) is 16.1 Å². The van der Waals surface area contributed by atoms with E-state index in [-0.39, 0.29) is 0 Å². The smallest absolute Gasteiger partial charge is 0.243 e. The molecule has 1 aliphatic rings. The zero-order chi connectivity index (χ0) is 20.1. The van der Waals surface area contributed by atoms with Gasteiger partial charge in [-0.2, -0.15) is 4.31 Å². The van der Waals surface area contributed by atoms with Crippen LogP contribution in [0.2, 0.25) is 0 Å². The average Bonchev–Trinajstić information content (AvgIpc) is 2.70. The van der Waals surface area contributed by atoms with Crippen LogP contribution in [-0.2, 0) is 20.5 Å². The number of benzene rings is 2. The molecule has 1 heterocycles. The molecule has 0 unspecified atom stereocenters. The predicted octanol–water partition coefficient (Wildman–Crippen LogP) is 3.20. The number of nitrogens with two attached hydrogens (primary N) is 1. The number of amidine groups is 1. The van der Waals surface area contributed by atoms with Gasteiger partial charge >= 0.3 is 0 Å². The third kappa shape index (κ3) is 4.94. The van der Waals surface area contributed by atoms with Gasteiger partial charge in [0.1, 0.15) is 0 Å². The van der Waals surface area contributed by atoms with Crippen molar-refractivity contribution >= 4 is 32.6 Å². The van der Waals surface area contributed by atoms with Crippen LogP contribution in [0.4, 0.5) is 5.69 Å². The molecule has 2 aromatic carbocycles. The van der Waals surface area contributed by atoms with E-state index in [0.717, 1.165) is 22.4 Å². The summed E-state index contributed by atoms with van der Waals surface area (Å²) in [6.07, 6.45) is 0. The molecule has 2 aromatic rings. The molecule has 0 atom stereocenters. The lowest BCUT2D eigenvalue weighted by molar-refractivity contribution is 0.0730. The molecule has 0 aromatic heterocycles. The van der Waals surface area contributed by atoms with Crippen LogP contribution in [0, 0.1) is 13.8 Å². The summed E-state index contributed by atoms with van der Waals surface area (Å²) in [6.45, 7) is 5.64. The van der Waals surface area contributed by atoms with Gasteiger partial charge in [0, 0.05) is 18.8 Å². The van der Waals surface area contributed by atoms with Crippen molar-refractivity contribution in [2.24, 2.45) is 10.7 Å². The Hall–Kier alpha value is -1.87. The number of hydrogen-bond acceptors (Lipinski definition) is 5. The van der Waals surface area contributed by atoms with Crippen molar-refractivity contribution in [1.82, 2.24) is 4.31 Å². The minimum atomic E-state index is -3.50. The molecule has 150 valence electrons. The maximum atomic E-state index is 12.8. The van der Waals surface area contributed by atoms with Crippen LogP contribution in [0.1, 0.15) is 16.7 Å². The highest BCUT2D eigenvalue weighted by Crippen LogP contribution is 2.25. The highest BCUT2D eigenvalue weighted by atomic mass is 32.2. The number of rotatable bonds is 5. The first kappa shape index (κ1) is 20.9. The molecule has 0 saturated carbocycles. The van der Waals surface area contributed by atoms with E-state index in [1.54, 1.807) is 18.2 Å². The second-order valence-corrected chi connectivity index (χ2v) is 9.58. The molecule has 6 nitrogen and oxygen atoms in total. The first-order chi connectivity index (χ1) is 13.4. The van der Waals surface area contributed by atoms with Crippen LogP contribution in [-0.4, -0.2) is 44.2 Å². The maximum absolute atomic E-state index is 12.8. The predicted molar refractivity (Wildman–Crippen MR) is 115 cm³/mol. The monoisotopic (exact) mass is 419 g/mol. The second kappa shape index (κ2) is 9.09. The highest BCUT2D eigenvalue weighted by molar-refractivity contribution is 8.13. The van der Waals surface area contributed by atoms with E-state index < -0.39 is 10.0 Å². The van der Waals surface area contributed by atoms with E-state index in [9.17, 15) is 8.42 Å². The largest absolute Gasteiger partial charge is 0.379 e. The summed E-state index contributed by atoms with van der Waals surface area (Å²) in [5, 5.41) is 0.457. The van der Waals surface area contributed by atoms with Gasteiger partial charge in [0.15, 0.2) is 5.17 Å². The van der Waals surface area contributed by atoms with Gasteiger partial charge in [0.2, 0.25) is 10.0 Å². The number of hydrogen-bond donors (Lipinski definition) is 1. The summed E-state index contributed by atoms with van der Waals surface area (Å²) in [7, 11) is -3.50. The number of aliphatic imine (C=N–C) groups is 1. The van der Waals surface area contributed by atoms with E-state index in [2.05, 4.69) is 4.99 Å². The Kier molecular flexibility index (Phi) is 6.77. The van der Waals surface area contributed by atoms with Crippen molar-refractivity contribution in [3.63, 3.8) is 0 Å². The van der Waals surface area contributed by atoms with Crippen molar-refractivity contribution < 1.29 is 13.2 Å². The molecule has 0 amide bonds. The molecule has 1 fully saturated rings. The lowest BCUT2D eigenvalue weighted by Gasteiger charge is -2.26. The Morgan fingerprint density at radius 2 is 1.79 bits per heavy atom. The summed E-state index contributed by atoms with van der Waals surface area (Å²) in [5.74, 6) is 0.548. The minimum Gasteiger partial charge on any atom is -0.379 e. The molecule has 2 N–H and O–H groups in total. The molecule has 1 aliphatic heterocycles. The van der Waals surface area contributed by atoms with Gasteiger partial charge in [-0.15, -0.1) is 0 Å². The molecule has 0 spiro atoms. The fourth-order valence-corrected chi connectivity index (χ4v) is 5.14.